The SMILES string of the molecule is COc1ccc2c(c1OC)OC(c1ccc(F)cc1)(c1ccc(F)cc1)C=C2. The molecule has 28 heavy (non-hydrogen) atoms. The van der Waals surface area contributed by atoms with Gasteiger partial charge in [0, 0.05) is 16.7 Å². The van der Waals surface area contributed by atoms with E-state index in [0.29, 0.717) is 28.4 Å². The van der Waals surface area contributed by atoms with Crippen LogP contribution in [0.15, 0.2) is 66.7 Å². The van der Waals surface area contributed by atoms with E-state index < -0.39 is 5.60 Å². The lowest BCUT2D eigenvalue weighted by atomic mass is 9.83. The summed E-state index contributed by atoms with van der Waals surface area (Å²) >= 11 is 0. The molecule has 0 aromatic heterocycles. The zero-order valence-corrected chi connectivity index (χ0v) is 15.4. The van der Waals surface area contributed by atoms with Crippen molar-refractivity contribution in [2.24, 2.45) is 0 Å². The normalized spacial score (nSPS) is 14.1. The van der Waals surface area contributed by atoms with E-state index >= 15 is 0 Å². The maximum Gasteiger partial charge on any atom is 0.204 e. The van der Waals surface area contributed by atoms with E-state index in [0.717, 1.165) is 5.56 Å². The summed E-state index contributed by atoms with van der Waals surface area (Å²) in [6, 6.07) is 15.8. The van der Waals surface area contributed by atoms with Gasteiger partial charge in [0.2, 0.25) is 5.75 Å². The average Bonchev–Trinajstić information content (AvgIpc) is 2.73. The van der Waals surface area contributed by atoms with Crippen LogP contribution in [0.5, 0.6) is 17.2 Å². The minimum Gasteiger partial charge on any atom is -0.493 e. The van der Waals surface area contributed by atoms with E-state index in [1.54, 1.807) is 37.4 Å². The van der Waals surface area contributed by atoms with Crippen molar-refractivity contribution in [1.82, 2.24) is 0 Å². The van der Waals surface area contributed by atoms with E-state index in [2.05, 4.69) is 0 Å². The molecule has 1 aliphatic rings. The van der Waals surface area contributed by atoms with Crippen molar-refractivity contribution in [2.45, 2.75) is 5.60 Å². The van der Waals surface area contributed by atoms with Gasteiger partial charge >= 0.3 is 0 Å². The van der Waals surface area contributed by atoms with Crippen LogP contribution in [0.2, 0.25) is 0 Å². The number of hydrogen-bond acceptors (Lipinski definition) is 3. The molecule has 3 aromatic rings. The van der Waals surface area contributed by atoms with Crippen LogP contribution in [0.1, 0.15) is 16.7 Å². The monoisotopic (exact) mass is 380 g/mol. The average molecular weight is 380 g/mol. The molecule has 0 aliphatic carbocycles. The second-order valence-corrected chi connectivity index (χ2v) is 6.40. The smallest absolute Gasteiger partial charge is 0.204 e. The third-order valence-corrected chi connectivity index (χ3v) is 4.84. The van der Waals surface area contributed by atoms with Gasteiger partial charge in [0.1, 0.15) is 11.6 Å². The second kappa shape index (κ2) is 7.00. The Morgan fingerprint density at radius 3 is 1.82 bits per heavy atom. The number of halogens is 2. The zero-order chi connectivity index (χ0) is 19.7. The Morgan fingerprint density at radius 1 is 0.750 bits per heavy atom. The fraction of sp³-hybridized carbons (Fsp3) is 0.130. The first-order chi connectivity index (χ1) is 13.6. The first kappa shape index (κ1) is 18.0. The number of benzene rings is 3. The van der Waals surface area contributed by atoms with Crippen LogP contribution in [0, 0.1) is 11.6 Å². The van der Waals surface area contributed by atoms with Gasteiger partial charge in [0.15, 0.2) is 17.1 Å². The zero-order valence-electron chi connectivity index (χ0n) is 15.4. The highest BCUT2D eigenvalue weighted by Crippen LogP contribution is 2.49. The van der Waals surface area contributed by atoms with Crippen LogP contribution in [0.4, 0.5) is 8.78 Å². The lowest BCUT2D eigenvalue weighted by molar-refractivity contribution is 0.152. The minimum atomic E-state index is -1.08. The highest BCUT2D eigenvalue weighted by atomic mass is 19.1. The number of fused-ring (bicyclic) bond motifs is 1. The fourth-order valence-electron chi connectivity index (χ4n) is 3.42. The van der Waals surface area contributed by atoms with Crippen LogP contribution in [0.3, 0.4) is 0 Å². The molecule has 0 fully saturated rings. The molecule has 0 spiro atoms. The van der Waals surface area contributed by atoms with Crippen LogP contribution in [-0.2, 0) is 5.60 Å². The molecule has 142 valence electrons. The van der Waals surface area contributed by atoms with Gasteiger partial charge in [-0.25, -0.2) is 8.78 Å². The summed E-state index contributed by atoms with van der Waals surface area (Å²) in [7, 11) is 3.09. The van der Waals surface area contributed by atoms with E-state index in [1.165, 1.54) is 31.4 Å². The van der Waals surface area contributed by atoms with Gasteiger partial charge in [-0.1, -0.05) is 30.3 Å². The maximum atomic E-state index is 13.5. The van der Waals surface area contributed by atoms with Crippen molar-refractivity contribution >= 4 is 6.08 Å². The van der Waals surface area contributed by atoms with Gasteiger partial charge in [-0.05, 0) is 42.5 Å². The van der Waals surface area contributed by atoms with Gasteiger partial charge in [0.05, 0.1) is 14.2 Å². The quantitative estimate of drug-likeness (QED) is 0.612. The lowest BCUT2D eigenvalue weighted by Gasteiger charge is -2.36. The Kier molecular flexibility index (Phi) is 4.51. The molecule has 1 aliphatic heterocycles. The second-order valence-electron chi connectivity index (χ2n) is 6.40. The molecule has 0 radical (unpaired) electrons. The molecule has 3 nitrogen and oxygen atoms in total. The summed E-state index contributed by atoms with van der Waals surface area (Å²) in [6.45, 7) is 0. The molecule has 4 rings (SSSR count). The molecule has 0 amide bonds. The van der Waals surface area contributed by atoms with E-state index in [-0.39, 0.29) is 11.6 Å². The standard InChI is InChI=1S/C23H18F2O3/c1-26-20-12-3-15-13-14-23(28-21(15)22(20)27-2,16-4-8-18(24)9-5-16)17-6-10-19(25)11-7-17/h3-14H,1-2H3. The molecule has 0 N–H and O–H groups in total. The molecule has 0 atom stereocenters. The molecule has 3 aromatic carbocycles. The highest BCUT2D eigenvalue weighted by Gasteiger charge is 2.38. The summed E-state index contributed by atoms with van der Waals surface area (Å²) in [5.74, 6) is 0.787. The summed E-state index contributed by atoms with van der Waals surface area (Å²) in [5.41, 5.74) is 1.14. The van der Waals surface area contributed by atoms with Crippen molar-refractivity contribution in [1.29, 1.82) is 0 Å². The summed E-state index contributed by atoms with van der Waals surface area (Å²) in [5, 5.41) is 0. The fourth-order valence-corrected chi connectivity index (χ4v) is 3.42. The van der Waals surface area contributed by atoms with E-state index in [4.69, 9.17) is 14.2 Å². The van der Waals surface area contributed by atoms with Gasteiger partial charge in [0.25, 0.3) is 0 Å². The van der Waals surface area contributed by atoms with E-state index in [9.17, 15) is 8.78 Å². The summed E-state index contributed by atoms with van der Waals surface area (Å²) in [4.78, 5) is 0. The summed E-state index contributed by atoms with van der Waals surface area (Å²) < 4.78 is 44.5. The molecule has 0 saturated heterocycles. The van der Waals surface area contributed by atoms with Crippen molar-refractivity contribution in [3.63, 3.8) is 0 Å². The van der Waals surface area contributed by atoms with Crippen LogP contribution >= 0.6 is 0 Å². The Balaban J connectivity index is 1.94. The predicted molar refractivity (Wildman–Crippen MR) is 103 cm³/mol. The minimum absolute atomic E-state index is 0.350. The van der Waals surface area contributed by atoms with Gasteiger partial charge in [-0.2, -0.15) is 0 Å². The van der Waals surface area contributed by atoms with Gasteiger partial charge < -0.3 is 14.2 Å². The van der Waals surface area contributed by atoms with Crippen LogP contribution in [-0.4, -0.2) is 14.2 Å². The van der Waals surface area contributed by atoms with Gasteiger partial charge in [-0.15, -0.1) is 0 Å². The maximum absolute atomic E-state index is 13.5. The van der Waals surface area contributed by atoms with E-state index in [1.807, 2.05) is 18.2 Å². The number of methoxy groups -OCH3 is 2. The lowest BCUT2D eigenvalue weighted by Crippen LogP contribution is -2.34. The topological polar surface area (TPSA) is 27.7 Å². The largest absolute Gasteiger partial charge is 0.493 e. The molecule has 0 bridgehead atoms. The predicted octanol–water partition coefficient (Wildman–Crippen LogP) is 5.33. The van der Waals surface area contributed by atoms with Crippen molar-refractivity contribution in [3.05, 3.63) is 95.1 Å². The Hall–Kier alpha value is -3.34. The third-order valence-electron chi connectivity index (χ3n) is 4.84. The summed E-state index contributed by atoms with van der Waals surface area (Å²) in [6.07, 6.45) is 3.79. The van der Waals surface area contributed by atoms with Crippen molar-refractivity contribution in [3.8, 4) is 17.2 Å². The first-order valence-corrected chi connectivity index (χ1v) is 8.73. The molecule has 0 unspecified atom stereocenters. The third kappa shape index (κ3) is 2.89. The van der Waals surface area contributed by atoms with Crippen LogP contribution < -0.4 is 14.2 Å². The molecule has 0 saturated carbocycles. The number of hydrogen-bond donors (Lipinski definition) is 0. The molecular weight excluding hydrogens is 362 g/mol. The van der Waals surface area contributed by atoms with Crippen molar-refractivity contribution in [2.75, 3.05) is 14.2 Å². The number of ether oxygens (including phenoxy) is 3. The van der Waals surface area contributed by atoms with Crippen molar-refractivity contribution < 1.29 is 23.0 Å². The Bertz CT molecular complexity index is 979. The molecular formula is C23H18F2O3. The van der Waals surface area contributed by atoms with Crippen LogP contribution in [0.25, 0.3) is 6.08 Å². The highest BCUT2D eigenvalue weighted by molar-refractivity contribution is 5.71. The number of rotatable bonds is 4. The first-order valence-electron chi connectivity index (χ1n) is 8.73. The molecule has 5 heteroatoms. The van der Waals surface area contributed by atoms with Gasteiger partial charge in [-0.3, -0.25) is 0 Å². The molecule has 1 heterocycles. The Morgan fingerprint density at radius 2 is 1.32 bits per heavy atom. The Labute approximate surface area is 161 Å².